The molecular formula is C17H28N2O3S. The first kappa shape index (κ1) is 19.5. The molecule has 0 saturated heterocycles. The lowest BCUT2D eigenvalue weighted by Crippen LogP contribution is -2.37. The molecule has 1 N–H and O–H groups in total. The molecule has 0 aliphatic heterocycles. The highest BCUT2D eigenvalue weighted by molar-refractivity contribution is 7.92. The number of hydrogen-bond acceptors (Lipinski definition) is 3. The van der Waals surface area contributed by atoms with Crippen LogP contribution in [0.2, 0.25) is 0 Å². The van der Waals surface area contributed by atoms with E-state index in [1.165, 1.54) is 10.6 Å². The smallest absolute Gasteiger partial charge is 0.232 e. The van der Waals surface area contributed by atoms with E-state index in [1.54, 1.807) is 6.07 Å². The van der Waals surface area contributed by atoms with Gasteiger partial charge in [0.2, 0.25) is 15.9 Å². The molecule has 0 aliphatic rings. The van der Waals surface area contributed by atoms with E-state index in [2.05, 4.69) is 19.2 Å². The van der Waals surface area contributed by atoms with Gasteiger partial charge >= 0.3 is 0 Å². The van der Waals surface area contributed by atoms with Crippen LogP contribution in [0.25, 0.3) is 0 Å². The highest BCUT2D eigenvalue weighted by Crippen LogP contribution is 2.22. The Balaban J connectivity index is 2.68. The summed E-state index contributed by atoms with van der Waals surface area (Å²) in [6.07, 6.45) is 1.99. The van der Waals surface area contributed by atoms with Crippen molar-refractivity contribution in [3.63, 3.8) is 0 Å². The predicted octanol–water partition coefficient (Wildman–Crippen LogP) is 2.70. The number of rotatable bonds is 8. The maximum atomic E-state index is 12.1. The van der Waals surface area contributed by atoms with Crippen molar-refractivity contribution in [1.82, 2.24) is 5.32 Å². The van der Waals surface area contributed by atoms with Crippen molar-refractivity contribution >= 4 is 21.6 Å². The monoisotopic (exact) mass is 340 g/mol. The maximum Gasteiger partial charge on any atom is 0.232 e. The number of anilines is 1. The second-order valence-electron chi connectivity index (χ2n) is 6.33. The molecule has 1 amide bonds. The average Bonchev–Trinajstić information content (AvgIpc) is 2.43. The van der Waals surface area contributed by atoms with Crippen LogP contribution >= 0.6 is 0 Å². The van der Waals surface area contributed by atoms with Gasteiger partial charge in [0.25, 0.3) is 0 Å². The molecule has 0 bridgehead atoms. The van der Waals surface area contributed by atoms with Crippen LogP contribution in [0.5, 0.6) is 0 Å². The molecule has 5 nitrogen and oxygen atoms in total. The standard InChI is InChI=1S/C17H28N2O3S/c1-13(2)15(4)18-17(20)11-8-12-19(23(5,21)22)16-10-7-6-9-14(16)3/h6-7,9-10,13,15H,8,11-12H2,1-5H3,(H,18,20)/t15-/m1/s1. The summed E-state index contributed by atoms with van der Waals surface area (Å²) in [4.78, 5) is 11.9. The molecule has 0 aliphatic carbocycles. The predicted molar refractivity (Wildman–Crippen MR) is 95.0 cm³/mol. The molecule has 0 spiro atoms. The van der Waals surface area contributed by atoms with Gasteiger partial charge in [0.15, 0.2) is 0 Å². The van der Waals surface area contributed by atoms with Crippen LogP contribution in [0.15, 0.2) is 24.3 Å². The second kappa shape index (κ2) is 8.34. The number of benzene rings is 1. The van der Waals surface area contributed by atoms with Crippen molar-refractivity contribution in [3.05, 3.63) is 29.8 Å². The summed E-state index contributed by atoms with van der Waals surface area (Å²) < 4.78 is 25.5. The zero-order valence-electron chi connectivity index (χ0n) is 14.7. The van der Waals surface area contributed by atoms with E-state index in [-0.39, 0.29) is 11.9 Å². The zero-order valence-corrected chi connectivity index (χ0v) is 15.5. The molecule has 0 unspecified atom stereocenters. The van der Waals surface area contributed by atoms with E-state index in [4.69, 9.17) is 0 Å². The number of amides is 1. The van der Waals surface area contributed by atoms with Gasteiger partial charge < -0.3 is 5.32 Å². The Bertz CT molecular complexity index is 626. The minimum atomic E-state index is -3.37. The molecule has 1 atom stereocenters. The highest BCUT2D eigenvalue weighted by Gasteiger charge is 2.19. The Morgan fingerprint density at radius 3 is 2.35 bits per heavy atom. The first-order valence-corrected chi connectivity index (χ1v) is 9.80. The van der Waals surface area contributed by atoms with Crippen LogP contribution in [-0.4, -0.2) is 33.2 Å². The van der Waals surface area contributed by atoms with E-state index in [9.17, 15) is 13.2 Å². The maximum absolute atomic E-state index is 12.1. The Kier molecular flexibility index (Phi) is 7.06. The fraction of sp³-hybridized carbons (Fsp3) is 0.588. The van der Waals surface area contributed by atoms with Gasteiger partial charge in [-0.3, -0.25) is 9.10 Å². The number of nitrogens with zero attached hydrogens (tertiary/aromatic N) is 1. The SMILES string of the molecule is Cc1ccccc1N(CCCC(=O)N[C@H](C)C(C)C)S(C)(=O)=O. The van der Waals surface area contributed by atoms with Crippen LogP contribution in [0.4, 0.5) is 5.69 Å². The van der Waals surface area contributed by atoms with Crippen molar-refractivity contribution in [2.24, 2.45) is 5.92 Å². The first-order chi connectivity index (χ1) is 10.6. The molecule has 1 rings (SSSR count). The van der Waals surface area contributed by atoms with Gasteiger partial charge in [0.1, 0.15) is 0 Å². The molecule has 0 radical (unpaired) electrons. The quantitative estimate of drug-likeness (QED) is 0.791. The molecule has 1 aromatic carbocycles. The van der Waals surface area contributed by atoms with Crippen molar-refractivity contribution < 1.29 is 13.2 Å². The van der Waals surface area contributed by atoms with Gasteiger partial charge in [-0.25, -0.2) is 8.42 Å². The molecule has 1 aromatic rings. The van der Waals surface area contributed by atoms with Gasteiger partial charge in [-0.2, -0.15) is 0 Å². The molecule has 0 aromatic heterocycles. The normalized spacial score (nSPS) is 13.0. The summed E-state index contributed by atoms with van der Waals surface area (Å²) >= 11 is 0. The number of carbonyl (C=O) groups excluding carboxylic acids is 1. The molecule has 6 heteroatoms. The number of sulfonamides is 1. The molecule has 0 heterocycles. The molecule has 23 heavy (non-hydrogen) atoms. The Hall–Kier alpha value is -1.56. The summed E-state index contributed by atoms with van der Waals surface area (Å²) in [5.74, 6) is 0.336. The zero-order chi connectivity index (χ0) is 17.6. The van der Waals surface area contributed by atoms with E-state index in [0.29, 0.717) is 31.0 Å². The van der Waals surface area contributed by atoms with Crippen molar-refractivity contribution in [3.8, 4) is 0 Å². The van der Waals surface area contributed by atoms with Gasteiger partial charge in [-0.05, 0) is 37.8 Å². The third-order valence-electron chi connectivity index (χ3n) is 3.94. The first-order valence-electron chi connectivity index (χ1n) is 7.95. The summed E-state index contributed by atoms with van der Waals surface area (Å²) in [6, 6.07) is 7.48. The third kappa shape index (κ3) is 6.22. The third-order valence-corrected chi connectivity index (χ3v) is 5.12. The topological polar surface area (TPSA) is 66.5 Å². The summed E-state index contributed by atoms with van der Waals surface area (Å²) in [7, 11) is -3.37. The lowest BCUT2D eigenvalue weighted by molar-refractivity contribution is -0.122. The van der Waals surface area contributed by atoms with Crippen molar-refractivity contribution in [1.29, 1.82) is 0 Å². The number of hydrogen-bond donors (Lipinski definition) is 1. The number of nitrogens with one attached hydrogen (secondary N) is 1. The van der Waals surface area contributed by atoms with E-state index in [0.717, 1.165) is 5.56 Å². The van der Waals surface area contributed by atoms with Gasteiger partial charge in [-0.1, -0.05) is 32.0 Å². The lowest BCUT2D eigenvalue weighted by Gasteiger charge is -2.24. The van der Waals surface area contributed by atoms with Gasteiger partial charge in [-0.15, -0.1) is 0 Å². The van der Waals surface area contributed by atoms with Gasteiger partial charge in [0, 0.05) is 19.0 Å². The van der Waals surface area contributed by atoms with Crippen LogP contribution < -0.4 is 9.62 Å². The van der Waals surface area contributed by atoms with E-state index >= 15 is 0 Å². The molecule has 0 saturated carbocycles. The van der Waals surface area contributed by atoms with E-state index < -0.39 is 10.0 Å². The Labute approximate surface area is 140 Å². The second-order valence-corrected chi connectivity index (χ2v) is 8.23. The van der Waals surface area contributed by atoms with Crippen molar-refractivity contribution in [2.45, 2.75) is 46.6 Å². The molecular weight excluding hydrogens is 312 g/mol. The number of para-hydroxylation sites is 1. The Morgan fingerprint density at radius 2 is 1.83 bits per heavy atom. The highest BCUT2D eigenvalue weighted by atomic mass is 32.2. The summed E-state index contributed by atoms with van der Waals surface area (Å²) in [5.41, 5.74) is 1.57. The van der Waals surface area contributed by atoms with Crippen LogP contribution in [0, 0.1) is 12.8 Å². The molecule has 0 fully saturated rings. The van der Waals surface area contributed by atoms with Crippen LogP contribution in [-0.2, 0) is 14.8 Å². The van der Waals surface area contributed by atoms with Crippen LogP contribution in [0.3, 0.4) is 0 Å². The van der Waals surface area contributed by atoms with Crippen LogP contribution in [0.1, 0.15) is 39.2 Å². The van der Waals surface area contributed by atoms with E-state index in [1.807, 2.05) is 32.0 Å². The fourth-order valence-electron chi connectivity index (χ4n) is 2.18. The summed E-state index contributed by atoms with van der Waals surface area (Å²) in [6.45, 7) is 8.25. The lowest BCUT2D eigenvalue weighted by atomic mass is 10.1. The number of aryl methyl sites for hydroxylation is 1. The Morgan fingerprint density at radius 1 is 1.22 bits per heavy atom. The largest absolute Gasteiger partial charge is 0.353 e. The fourth-order valence-corrected chi connectivity index (χ4v) is 3.21. The minimum Gasteiger partial charge on any atom is -0.353 e. The molecule has 130 valence electrons. The minimum absolute atomic E-state index is 0.0376. The van der Waals surface area contributed by atoms with Gasteiger partial charge in [0.05, 0.1) is 11.9 Å². The number of carbonyl (C=O) groups is 1. The average molecular weight is 340 g/mol. The summed E-state index contributed by atoms with van der Waals surface area (Å²) in [5, 5.41) is 2.94. The van der Waals surface area contributed by atoms with Crippen molar-refractivity contribution in [2.75, 3.05) is 17.1 Å².